The van der Waals surface area contributed by atoms with E-state index in [4.69, 9.17) is 4.74 Å². The Hall–Kier alpha value is -3.01. The van der Waals surface area contributed by atoms with Crippen molar-refractivity contribution >= 4 is 5.82 Å². The predicted octanol–water partition coefficient (Wildman–Crippen LogP) is 1.53. The number of anilines is 1. The molecule has 0 amide bonds. The lowest BCUT2D eigenvalue weighted by molar-refractivity contribution is 0.209. The highest BCUT2D eigenvalue weighted by Crippen LogP contribution is 2.16. The normalized spacial score (nSPS) is 11.6. The molecule has 2 rings (SSSR count). The third-order valence-electron chi connectivity index (χ3n) is 4.02. The third-order valence-corrected chi connectivity index (χ3v) is 4.02. The summed E-state index contributed by atoms with van der Waals surface area (Å²) < 4.78 is 8.13. The molecule has 0 spiro atoms. The fourth-order valence-electron chi connectivity index (χ4n) is 2.51. The van der Waals surface area contributed by atoms with Gasteiger partial charge in [0.15, 0.2) is 5.56 Å². The second-order valence-electron chi connectivity index (χ2n) is 5.89. The summed E-state index contributed by atoms with van der Waals surface area (Å²) in [5, 5.41) is 12.3. The Labute approximate surface area is 146 Å². The average Bonchev–Trinajstić information content (AvgIpc) is 2.60. The molecule has 0 aliphatic heterocycles. The topological polar surface area (TPSA) is 89.0 Å². The highest BCUT2D eigenvalue weighted by molar-refractivity contribution is 5.51. The SMILES string of the molecule is CCC(CNc1c(C#N)c(=O)n(C)c(=O)n1C)Oc1cccc(C)c1. The van der Waals surface area contributed by atoms with Gasteiger partial charge in [0, 0.05) is 14.1 Å². The smallest absolute Gasteiger partial charge is 0.332 e. The van der Waals surface area contributed by atoms with Crippen LogP contribution in [0.25, 0.3) is 0 Å². The van der Waals surface area contributed by atoms with E-state index in [0.29, 0.717) is 6.54 Å². The van der Waals surface area contributed by atoms with E-state index in [0.717, 1.165) is 22.3 Å². The van der Waals surface area contributed by atoms with E-state index < -0.39 is 11.2 Å². The van der Waals surface area contributed by atoms with Crippen molar-refractivity contribution in [1.29, 1.82) is 5.26 Å². The first-order valence-electron chi connectivity index (χ1n) is 8.06. The van der Waals surface area contributed by atoms with Crippen molar-refractivity contribution in [2.75, 3.05) is 11.9 Å². The van der Waals surface area contributed by atoms with E-state index in [1.165, 1.54) is 18.7 Å². The van der Waals surface area contributed by atoms with Crippen LogP contribution in [0.3, 0.4) is 0 Å². The van der Waals surface area contributed by atoms with E-state index in [2.05, 4.69) is 5.32 Å². The van der Waals surface area contributed by atoms with Crippen LogP contribution in [0.1, 0.15) is 24.5 Å². The van der Waals surface area contributed by atoms with Gasteiger partial charge in [0.2, 0.25) is 0 Å². The molecule has 25 heavy (non-hydrogen) atoms. The number of rotatable bonds is 6. The predicted molar refractivity (Wildman–Crippen MR) is 96.0 cm³/mol. The van der Waals surface area contributed by atoms with E-state index >= 15 is 0 Å². The number of hydrogen-bond acceptors (Lipinski definition) is 5. The number of hydrogen-bond donors (Lipinski definition) is 1. The number of nitriles is 1. The van der Waals surface area contributed by atoms with Gasteiger partial charge in [0.05, 0.1) is 6.54 Å². The summed E-state index contributed by atoms with van der Waals surface area (Å²) in [6.07, 6.45) is 0.550. The molecule has 7 heteroatoms. The number of aromatic nitrogens is 2. The van der Waals surface area contributed by atoms with Gasteiger partial charge >= 0.3 is 5.69 Å². The largest absolute Gasteiger partial charge is 0.489 e. The molecule has 1 aromatic carbocycles. The summed E-state index contributed by atoms with van der Waals surface area (Å²) in [7, 11) is 2.87. The molecule has 132 valence electrons. The van der Waals surface area contributed by atoms with Crippen LogP contribution in [0.5, 0.6) is 5.75 Å². The average molecular weight is 342 g/mol. The first kappa shape index (κ1) is 18.3. The maximum atomic E-state index is 12.1. The first-order valence-corrected chi connectivity index (χ1v) is 8.06. The van der Waals surface area contributed by atoms with Crippen LogP contribution in [0, 0.1) is 18.3 Å². The number of benzene rings is 1. The monoisotopic (exact) mass is 342 g/mol. The standard InChI is InChI=1S/C18H22N4O3/c1-5-13(25-14-8-6-7-12(2)9-14)11-20-16-15(10-19)17(23)22(4)18(24)21(16)3/h6-9,13,20H,5,11H2,1-4H3. The molecule has 0 fully saturated rings. The Bertz CT molecular complexity index is 921. The molecule has 0 bridgehead atoms. The van der Waals surface area contributed by atoms with Crippen molar-refractivity contribution in [3.05, 3.63) is 56.2 Å². The molecule has 0 saturated heterocycles. The molecule has 2 aromatic rings. The molecule has 0 saturated carbocycles. The third kappa shape index (κ3) is 3.91. The minimum Gasteiger partial charge on any atom is -0.489 e. The highest BCUT2D eigenvalue weighted by Gasteiger charge is 2.17. The van der Waals surface area contributed by atoms with E-state index in [9.17, 15) is 14.9 Å². The van der Waals surface area contributed by atoms with Crippen molar-refractivity contribution < 1.29 is 4.74 Å². The molecule has 1 atom stereocenters. The lowest BCUT2D eigenvalue weighted by Gasteiger charge is -2.20. The fourth-order valence-corrected chi connectivity index (χ4v) is 2.51. The summed E-state index contributed by atoms with van der Waals surface area (Å²) in [6, 6.07) is 9.60. The maximum absolute atomic E-state index is 12.1. The zero-order chi connectivity index (χ0) is 18.6. The van der Waals surface area contributed by atoms with Crippen molar-refractivity contribution in [2.45, 2.75) is 26.4 Å². The first-order chi connectivity index (χ1) is 11.9. The van der Waals surface area contributed by atoms with Gasteiger partial charge in [-0.15, -0.1) is 0 Å². The van der Waals surface area contributed by atoms with Crippen LogP contribution in [0.2, 0.25) is 0 Å². The molecular formula is C18H22N4O3. The lowest BCUT2D eigenvalue weighted by Crippen LogP contribution is -2.40. The van der Waals surface area contributed by atoms with E-state index in [1.54, 1.807) is 0 Å². The van der Waals surface area contributed by atoms with Crippen molar-refractivity contribution in [3.8, 4) is 11.8 Å². The van der Waals surface area contributed by atoms with Crippen molar-refractivity contribution in [2.24, 2.45) is 14.1 Å². The Morgan fingerprint density at radius 3 is 2.60 bits per heavy atom. The van der Waals surface area contributed by atoms with Gasteiger partial charge < -0.3 is 10.1 Å². The number of nitrogens with one attached hydrogen (secondary N) is 1. The second kappa shape index (κ2) is 7.71. The Kier molecular flexibility index (Phi) is 5.65. The Morgan fingerprint density at radius 2 is 2.00 bits per heavy atom. The quantitative estimate of drug-likeness (QED) is 0.860. The van der Waals surface area contributed by atoms with Gasteiger partial charge in [-0.05, 0) is 31.0 Å². The zero-order valence-electron chi connectivity index (χ0n) is 14.9. The van der Waals surface area contributed by atoms with Crippen molar-refractivity contribution in [1.82, 2.24) is 9.13 Å². The molecular weight excluding hydrogens is 320 g/mol. The Balaban J connectivity index is 2.24. The molecule has 1 N–H and O–H groups in total. The van der Waals surface area contributed by atoms with E-state index in [-0.39, 0.29) is 17.5 Å². The van der Waals surface area contributed by atoms with Gasteiger partial charge in [0.25, 0.3) is 5.56 Å². The van der Waals surface area contributed by atoms with Crippen LogP contribution in [0.4, 0.5) is 5.82 Å². The van der Waals surface area contributed by atoms with Crippen LogP contribution in [0.15, 0.2) is 33.9 Å². The molecule has 1 unspecified atom stereocenters. The minimum absolute atomic E-state index is 0.0880. The summed E-state index contributed by atoms with van der Waals surface area (Å²) in [6.45, 7) is 4.33. The summed E-state index contributed by atoms with van der Waals surface area (Å²) in [5.41, 5.74) is -0.0871. The number of nitrogens with zero attached hydrogens (tertiary/aromatic N) is 3. The minimum atomic E-state index is -0.610. The molecule has 7 nitrogen and oxygen atoms in total. The van der Waals surface area contributed by atoms with E-state index in [1.807, 2.05) is 44.2 Å². The molecule has 0 radical (unpaired) electrons. The molecule has 1 heterocycles. The lowest BCUT2D eigenvalue weighted by atomic mass is 10.2. The van der Waals surface area contributed by atoms with Gasteiger partial charge in [-0.3, -0.25) is 13.9 Å². The summed E-state index contributed by atoms with van der Waals surface area (Å²) >= 11 is 0. The highest BCUT2D eigenvalue weighted by atomic mass is 16.5. The molecule has 0 aliphatic rings. The van der Waals surface area contributed by atoms with Crippen molar-refractivity contribution in [3.63, 3.8) is 0 Å². The second-order valence-corrected chi connectivity index (χ2v) is 5.89. The Morgan fingerprint density at radius 1 is 1.28 bits per heavy atom. The van der Waals surface area contributed by atoms with Gasteiger partial charge in [0.1, 0.15) is 23.7 Å². The van der Waals surface area contributed by atoms with Gasteiger partial charge in [-0.25, -0.2) is 4.79 Å². The summed E-state index contributed by atoms with van der Waals surface area (Å²) in [4.78, 5) is 24.2. The van der Waals surface area contributed by atoms with Crippen LogP contribution in [-0.2, 0) is 14.1 Å². The maximum Gasteiger partial charge on any atom is 0.332 e. The van der Waals surface area contributed by atoms with Crippen LogP contribution < -0.4 is 21.3 Å². The summed E-state index contributed by atoms with van der Waals surface area (Å²) in [5.74, 6) is 0.967. The van der Waals surface area contributed by atoms with Gasteiger partial charge in [-0.1, -0.05) is 19.1 Å². The molecule has 0 aliphatic carbocycles. The van der Waals surface area contributed by atoms with Gasteiger partial charge in [-0.2, -0.15) is 5.26 Å². The zero-order valence-corrected chi connectivity index (χ0v) is 14.9. The van der Waals surface area contributed by atoms with Crippen LogP contribution >= 0.6 is 0 Å². The number of aryl methyl sites for hydroxylation is 1. The molecule has 1 aromatic heterocycles. The fraction of sp³-hybridized carbons (Fsp3) is 0.389. The number of ether oxygens (including phenoxy) is 1. The van der Waals surface area contributed by atoms with Crippen LogP contribution in [-0.4, -0.2) is 21.8 Å².